The molecular weight excluding hydrogens is 350 g/mol. The first-order chi connectivity index (χ1) is 13.6. The van der Waals surface area contributed by atoms with Crippen molar-refractivity contribution in [2.24, 2.45) is 0 Å². The highest BCUT2D eigenvalue weighted by molar-refractivity contribution is 5.58. The van der Waals surface area contributed by atoms with Gasteiger partial charge in [0.2, 0.25) is 11.8 Å². The number of nitriles is 1. The van der Waals surface area contributed by atoms with E-state index in [1.54, 1.807) is 42.6 Å². The fourth-order valence-electron chi connectivity index (χ4n) is 2.69. The van der Waals surface area contributed by atoms with Gasteiger partial charge in [-0.2, -0.15) is 10.2 Å². The van der Waals surface area contributed by atoms with Crippen LogP contribution in [0, 0.1) is 31.8 Å². The molecule has 0 radical (unpaired) electrons. The summed E-state index contributed by atoms with van der Waals surface area (Å²) in [5.74, 6) is 1.54. The van der Waals surface area contributed by atoms with E-state index in [1.165, 1.54) is 6.20 Å². The predicted molar refractivity (Wildman–Crippen MR) is 108 cm³/mol. The van der Waals surface area contributed by atoms with Crippen molar-refractivity contribution in [3.05, 3.63) is 88.5 Å². The summed E-state index contributed by atoms with van der Waals surface area (Å²) in [6.07, 6.45) is 4.81. The van der Waals surface area contributed by atoms with Gasteiger partial charge in [0, 0.05) is 18.0 Å². The number of benzene rings is 2. The summed E-state index contributed by atoms with van der Waals surface area (Å²) in [4.78, 5) is 11.8. The lowest BCUT2D eigenvalue weighted by molar-refractivity contribution is 0.455. The minimum Gasteiger partial charge on any atom is -0.438 e. The standard InChI is InChI=1S/C22H17N5O/c1-15-12-18(8-10-24-3)13-16(2)21(15)28-20-9-11-25-22(27-20)26-19-6-4-17(14-23)5-7-19/h4-13H,1-2H3,(H,25,26,27)/b10-8+. The minimum atomic E-state index is 0.397. The molecule has 1 N–H and O–H groups in total. The van der Waals surface area contributed by atoms with Gasteiger partial charge in [0.05, 0.1) is 18.2 Å². The monoisotopic (exact) mass is 367 g/mol. The van der Waals surface area contributed by atoms with Crippen molar-refractivity contribution in [3.63, 3.8) is 0 Å². The molecule has 1 heterocycles. The first-order valence-corrected chi connectivity index (χ1v) is 8.51. The van der Waals surface area contributed by atoms with Crippen LogP contribution in [0.15, 0.2) is 54.9 Å². The van der Waals surface area contributed by atoms with Gasteiger partial charge < -0.3 is 10.1 Å². The average Bonchev–Trinajstić information content (AvgIpc) is 2.70. The fraction of sp³-hybridized carbons (Fsp3) is 0.0909. The molecule has 0 saturated carbocycles. The lowest BCUT2D eigenvalue weighted by atomic mass is 10.1. The number of anilines is 2. The summed E-state index contributed by atoms with van der Waals surface area (Å²) < 4.78 is 6.00. The second kappa shape index (κ2) is 8.48. The Morgan fingerprint density at radius 2 is 1.86 bits per heavy atom. The lowest BCUT2D eigenvalue weighted by Crippen LogP contribution is -1.99. The number of hydrogen-bond acceptors (Lipinski definition) is 5. The maximum Gasteiger partial charge on any atom is 0.230 e. The van der Waals surface area contributed by atoms with Crippen LogP contribution >= 0.6 is 0 Å². The van der Waals surface area contributed by atoms with Crippen LogP contribution in [0.2, 0.25) is 0 Å². The first-order valence-electron chi connectivity index (χ1n) is 8.51. The molecular formula is C22H17N5O. The average molecular weight is 367 g/mol. The summed E-state index contributed by atoms with van der Waals surface area (Å²) >= 11 is 0. The molecule has 0 saturated heterocycles. The Hall–Kier alpha value is -4.16. The zero-order valence-corrected chi connectivity index (χ0v) is 15.5. The lowest BCUT2D eigenvalue weighted by Gasteiger charge is -2.13. The first kappa shape index (κ1) is 18.6. The number of nitrogens with zero attached hydrogens (tertiary/aromatic N) is 4. The topological polar surface area (TPSA) is 75.2 Å². The summed E-state index contributed by atoms with van der Waals surface area (Å²) in [6.45, 7) is 10.8. The third-order valence-corrected chi connectivity index (χ3v) is 3.93. The molecule has 0 aliphatic carbocycles. The Kier molecular flexibility index (Phi) is 5.64. The molecule has 6 nitrogen and oxygen atoms in total. The van der Waals surface area contributed by atoms with Gasteiger partial charge in [-0.15, -0.1) is 0 Å². The van der Waals surface area contributed by atoms with Crippen LogP contribution in [0.1, 0.15) is 22.3 Å². The maximum absolute atomic E-state index is 8.87. The van der Waals surface area contributed by atoms with E-state index in [1.807, 2.05) is 26.0 Å². The van der Waals surface area contributed by atoms with Crippen LogP contribution in [0.25, 0.3) is 10.9 Å². The Balaban J connectivity index is 1.80. The van der Waals surface area contributed by atoms with Gasteiger partial charge in [-0.05, 0) is 66.9 Å². The molecule has 0 unspecified atom stereocenters. The molecule has 0 spiro atoms. The number of ether oxygens (including phenoxy) is 1. The normalized spacial score (nSPS) is 10.3. The van der Waals surface area contributed by atoms with Crippen molar-refractivity contribution in [2.45, 2.75) is 13.8 Å². The molecule has 28 heavy (non-hydrogen) atoms. The van der Waals surface area contributed by atoms with E-state index in [2.05, 4.69) is 26.2 Å². The molecule has 0 amide bonds. The molecule has 0 aliphatic rings. The number of hydrogen-bond donors (Lipinski definition) is 1. The SMILES string of the molecule is [C-]#[N+]/C=C/c1cc(C)c(Oc2ccnc(Nc3ccc(C#N)cc3)n2)c(C)c1. The predicted octanol–water partition coefficient (Wildman–Crippen LogP) is 5.39. The smallest absolute Gasteiger partial charge is 0.230 e. The van der Waals surface area contributed by atoms with Crippen molar-refractivity contribution in [1.29, 1.82) is 5.26 Å². The number of nitrogens with one attached hydrogen (secondary N) is 1. The molecule has 2 aromatic carbocycles. The van der Waals surface area contributed by atoms with Crippen LogP contribution in [-0.2, 0) is 0 Å². The van der Waals surface area contributed by atoms with E-state index in [9.17, 15) is 0 Å². The van der Waals surface area contributed by atoms with E-state index in [4.69, 9.17) is 16.6 Å². The van der Waals surface area contributed by atoms with Gasteiger partial charge in [-0.1, -0.05) is 6.08 Å². The Morgan fingerprint density at radius 3 is 2.50 bits per heavy atom. The molecule has 3 aromatic rings. The van der Waals surface area contributed by atoms with Crippen LogP contribution in [-0.4, -0.2) is 9.97 Å². The zero-order chi connectivity index (χ0) is 19.9. The van der Waals surface area contributed by atoms with Gasteiger partial charge in [-0.3, -0.25) is 0 Å². The van der Waals surface area contributed by atoms with Crippen LogP contribution in [0.4, 0.5) is 11.6 Å². The van der Waals surface area contributed by atoms with Gasteiger partial charge >= 0.3 is 0 Å². The zero-order valence-electron chi connectivity index (χ0n) is 15.5. The summed E-state index contributed by atoms with van der Waals surface area (Å²) in [5, 5.41) is 12.0. The highest BCUT2D eigenvalue weighted by Gasteiger charge is 2.09. The van der Waals surface area contributed by atoms with Gasteiger partial charge in [-0.25, -0.2) is 9.83 Å². The highest BCUT2D eigenvalue weighted by atomic mass is 16.5. The third-order valence-electron chi connectivity index (χ3n) is 3.93. The Bertz CT molecular complexity index is 1080. The molecule has 0 aliphatic heterocycles. The highest BCUT2D eigenvalue weighted by Crippen LogP contribution is 2.30. The Labute approximate surface area is 163 Å². The fourth-order valence-corrected chi connectivity index (χ4v) is 2.69. The van der Waals surface area contributed by atoms with Crippen molar-refractivity contribution in [3.8, 4) is 17.7 Å². The molecule has 3 rings (SSSR count). The van der Waals surface area contributed by atoms with E-state index < -0.39 is 0 Å². The van der Waals surface area contributed by atoms with Gasteiger partial charge in [0.15, 0.2) is 6.20 Å². The molecule has 1 aromatic heterocycles. The van der Waals surface area contributed by atoms with Crippen LogP contribution in [0.5, 0.6) is 11.6 Å². The molecule has 136 valence electrons. The second-order valence-corrected chi connectivity index (χ2v) is 6.06. The molecule has 6 heteroatoms. The van der Waals surface area contributed by atoms with E-state index >= 15 is 0 Å². The van der Waals surface area contributed by atoms with Crippen molar-refractivity contribution in [2.75, 3.05) is 5.32 Å². The number of aromatic nitrogens is 2. The van der Waals surface area contributed by atoms with Crippen LogP contribution in [0.3, 0.4) is 0 Å². The quantitative estimate of drug-likeness (QED) is 0.612. The van der Waals surface area contributed by atoms with Gasteiger partial charge in [0.25, 0.3) is 0 Å². The molecule has 0 fully saturated rings. The van der Waals surface area contributed by atoms with E-state index in [0.717, 1.165) is 28.1 Å². The molecule has 0 bridgehead atoms. The number of rotatable bonds is 5. The van der Waals surface area contributed by atoms with Gasteiger partial charge in [0.1, 0.15) is 5.75 Å². The maximum atomic E-state index is 8.87. The van der Waals surface area contributed by atoms with Crippen LogP contribution < -0.4 is 10.1 Å². The van der Waals surface area contributed by atoms with Crippen molar-refractivity contribution in [1.82, 2.24) is 9.97 Å². The van der Waals surface area contributed by atoms with Crippen molar-refractivity contribution >= 4 is 17.7 Å². The summed E-state index contributed by atoms with van der Waals surface area (Å²) in [7, 11) is 0. The minimum absolute atomic E-state index is 0.397. The number of aryl methyl sites for hydroxylation is 2. The summed E-state index contributed by atoms with van der Waals surface area (Å²) in [6, 6.07) is 14.7. The second-order valence-electron chi connectivity index (χ2n) is 6.06. The van der Waals surface area contributed by atoms with Crippen molar-refractivity contribution < 1.29 is 4.74 Å². The van der Waals surface area contributed by atoms with E-state index in [-0.39, 0.29) is 0 Å². The third kappa shape index (κ3) is 4.51. The summed E-state index contributed by atoms with van der Waals surface area (Å²) in [5.41, 5.74) is 4.21. The Morgan fingerprint density at radius 1 is 1.14 bits per heavy atom. The largest absolute Gasteiger partial charge is 0.438 e. The van der Waals surface area contributed by atoms with E-state index in [0.29, 0.717) is 17.4 Å². The molecule has 0 atom stereocenters.